The van der Waals surface area contributed by atoms with E-state index in [0.717, 1.165) is 0 Å². The third-order valence-electron chi connectivity index (χ3n) is 1.60. The van der Waals surface area contributed by atoms with Crippen LogP contribution in [0.1, 0.15) is 12.8 Å². The van der Waals surface area contributed by atoms with Gasteiger partial charge in [-0.15, -0.1) is 6.58 Å². The lowest BCUT2D eigenvalue weighted by molar-refractivity contribution is -0.141. The van der Waals surface area contributed by atoms with E-state index in [2.05, 4.69) is 21.4 Å². The summed E-state index contributed by atoms with van der Waals surface area (Å²) in [5.41, 5.74) is 0. The molecule has 0 aromatic heterocycles. The van der Waals surface area contributed by atoms with Gasteiger partial charge in [0, 0.05) is 6.04 Å². The summed E-state index contributed by atoms with van der Waals surface area (Å²) in [6.45, 7) is 3.52. The molecule has 5 heteroatoms. The monoisotopic (exact) mass is 201 g/mol. The zero-order valence-electron chi connectivity index (χ0n) is 8.41. The molecule has 0 rings (SSSR count). The molecule has 0 aliphatic carbocycles. The predicted octanol–water partition coefficient (Wildman–Crippen LogP) is 0.850. The fourth-order valence-corrected chi connectivity index (χ4v) is 0.905. The molecule has 0 heterocycles. The molecular formula is C9H15NO4. The van der Waals surface area contributed by atoms with Crippen molar-refractivity contribution < 1.29 is 19.1 Å². The van der Waals surface area contributed by atoms with Crippen molar-refractivity contribution in [2.75, 3.05) is 14.2 Å². The van der Waals surface area contributed by atoms with Gasteiger partial charge in [-0.1, -0.05) is 6.08 Å². The second kappa shape index (κ2) is 6.94. The fourth-order valence-electron chi connectivity index (χ4n) is 0.905. The highest BCUT2D eigenvalue weighted by Crippen LogP contribution is 2.00. The Kier molecular flexibility index (Phi) is 6.19. The van der Waals surface area contributed by atoms with Crippen LogP contribution >= 0.6 is 0 Å². The largest absolute Gasteiger partial charge is 0.469 e. The maximum absolute atomic E-state index is 10.9. The van der Waals surface area contributed by atoms with Gasteiger partial charge in [-0.3, -0.25) is 4.79 Å². The lowest BCUT2D eigenvalue weighted by Crippen LogP contribution is -2.36. The molecule has 1 atom stereocenters. The fraction of sp³-hybridized carbons (Fsp3) is 0.556. The Bertz CT molecular complexity index is 197. The molecule has 1 amide bonds. The van der Waals surface area contributed by atoms with Gasteiger partial charge < -0.3 is 14.8 Å². The van der Waals surface area contributed by atoms with Gasteiger partial charge in [-0.2, -0.15) is 0 Å². The van der Waals surface area contributed by atoms with Crippen LogP contribution in [0.5, 0.6) is 0 Å². The average Bonchev–Trinajstić information content (AvgIpc) is 2.17. The topological polar surface area (TPSA) is 64.6 Å². The van der Waals surface area contributed by atoms with Crippen LogP contribution < -0.4 is 5.32 Å². The van der Waals surface area contributed by atoms with Gasteiger partial charge in [0.25, 0.3) is 0 Å². The van der Waals surface area contributed by atoms with Crippen LogP contribution in [-0.4, -0.2) is 32.3 Å². The third-order valence-corrected chi connectivity index (χ3v) is 1.60. The van der Waals surface area contributed by atoms with Crippen molar-refractivity contribution >= 4 is 12.1 Å². The van der Waals surface area contributed by atoms with E-state index in [1.807, 2.05) is 0 Å². The van der Waals surface area contributed by atoms with Crippen LogP contribution in [0.2, 0.25) is 0 Å². The Morgan fingerprint density at radius 1 is 1.43 bits per heavy atom. The van der Waals surface area contributed by atoms with E-state index in [9.17, 15) is 9.59 Å². The summed E-state index contributed by atoms with van der Waals surface area (Å²) >= 11 is 0. The van der Waals surface area contributed by atoms with E-state index in [1.54, 1.807) is 6.08 Å². The van der Waals surface area contributed by atoms with Crippen molar-refractivity contribution in [3.63, 3.8) is 0 Å². The van der Waals surface area contributed by atoms with Crippen LogP contribution in [0, 0.1) is 0 Å². The Morgan fingerprint density at radius 3 is 2.50 bits per heavy atom. The normalized spacial score (nSPS) is 11.3. The molecular weight excluding hydrogens is 186 g/mol. The van der Waals surface area contributed by atoms with E-state index < -0.39 is 6.09 Å². The SMILES string of the molecule is C=CCC(CC(=O)OC)NC(=O)OC. The maximum atomic E-state index is 10.9. The van der Waals surface area contributed by atoms with Crippen LogP contribution in [-0.2, 0) is 14.3 Å². The number of hydrogen-bond donors (Lipinski definition) is 1. The van der Waals surface area contributed by atoms with Gasteiger partial charge in [0.15, 0.2) is 0 Å². The van der Waals surface area contributed by atoms with Crippen LogP contribution in [0.25, 0.3) is 0 Å². The molecule has 0 aromatic rings. The first-order valence-electron chi connectivity index (χ1n) is 4.16. The van der Waals surface area contributed by atoms with Gasteiger partial charge in [0.05, 0.1) is 20.6 Å². The summed E-state index contributed by atoms with van der Waals surface area (Å²) < 4.78 is 8.88. The van der Waals surface area contributed by atoms with E-state index in [1.165, 1.54) is 14.2 Å². The van der Waals surface area contributed by atoms with Crippen molar-refractivity contribution in [1.82, 2.24) is 5.32 Å². The first-order valence-corrected chi connectivity index (χ1v) is 4.16. The smallest absolute Gasteiger partial charge is 0.407 e. The molecule has 80 valence electrons. The Balaban J connectivity index is 4.07. The van der Waals surface area contributed by atoms with Crippen molar-refractivity contribution in [3.05, 3.63) is 12.7 Å². The number of hydrogen-bond acceptors (Lipinski definition) is 4. The number of nitrogens with one attached hydrogen (secondary N) is 1. The van der Waals surface area contributed by atoms with Crippen molar-refractivity contribution in [2.24, 2.45) is 0 Å². The third kappa shape index (κ3) is 5.18. The van der Waals surface area contributed by atoms with E-state index in [4.69, 9.17) is 0 Å². The Labute approximate surface area is 83.1 Å². The van der Waals surface area contributed by atoms with E-state index in [-0.39, 0.29) is 18.4 Å². The quantitative estimate of drug-likeness (QED) is 0.529. The van der Waals surface area contributed by atoms with Crippen molar-refractivity contribution in [1.29, 1.82) is 0 Å². The molecule has 0 spiro atoms. The second-order valence-corrected chi connectivity index (χ2v) is 2.64. The summed E-state index contributed by atoms with van der Waals surface area (Å²) in [4.78, 5) is 21.8. The average molecular weight is 201 g/mol. The lowest BCUT2D eigenvalue weighted by Gasteiger charge is -2.14. The maximum Gasteiger partial charge on any atom is 0.407 e. The standard InChI is InChI=1S/C9H15NO4/c1-4-5-7(6-8(11)13-2)10-9(12)14-3/h4,7H,1,5-6H2,2-3H3,(H,10,12). The van der Waals surface area contributed by atoms with Crippen LogP contribution in [0.15, 0.2) is 12.7 Å². The number of alkyl carbamates (subject to hydrolysis) is 1. The summed E-state index contributed by atoms with van der Waals surface area (Å²) in [7, 11) is 2.56. The van der Waals surface area contributed by atoms with Gasteiger partial charge >= 0.3 is 12.1 Å². The van der Waals surface area contributed by atoms with Gasteiger partial charge in [0.1, 0.15) is 0 Å². The second-order valence-electron chi connectivity index (χ2n) is 2.64. The minimum absolute atomic E-state index is 0.109. The molecule has 0 aliphatic heterocycles. The zero-order valence-corrected chi connectivity index (χ0v) is 8.41. The summed E-state index contributed by atoms with van der Waals surface area (Å²) in [5, 5.41) is 2.50. The number of esters is 1. The number of carbonyl (C=O) groups is 2. The van der Waals surface area contributed by atoms with Gasteiger partial charge in [-0.05, 0) is 6.42 Å². The van der Waals surface area contributed by atoms with Crippen molar-refractivity contribution in [2.45, 2.75) is 18.9 Å². The molecule has 14 heavy (non-hydrogen) atoms. The number of methoxy groups -OCH3 is 2. The number of amides is 1. The minimum Gasteiger partial charge on any atom is -0.469 e. The predicted molar refractivity (Wildman–Crippen MR) is 50.8 cm³/mol. The number of carbonyl (C=O) groups excluding carboxylic acids is 2. The van der Waals surface area contributed by atoms with Crippen molar-refractivity contribution in [3.8, 4) is 0 Å². The van der Waals surface area contributed by atoms with Crippen LogP contribution in [0.4, 0.5) is 4.79 Å². The minimum atomic E-state index is -0.569. The highest BCUT2D eigenvalue weighted by molar-refractivity contribution is 5.72. The number of rotatable bonds is 5. The Hall–Kier alpha value is -1.52. The lowest BCUT2D eigenvalue weighted by atomic mass is 10.1. The summed E-state index contributed by atoms with van der Waals surface area (Å²) in [6.07, 6.45) is 1.64. The Morgan fingerprint density at radius 2 is 2.07 bits per heavy atom. The van der Waals surface area contributed by atoms with Gasteiger partial charge in [0.2, 0.25) is 0 Å². The molecule has 0 bridgehead atoms. The molecule has 0 aliphatic rings. The van der Waals surface area contributed by atoms with Crippen LogP contribution in [0.3, 0.4) is 0 Å². The molecule has 0 saturated heterocycles. The highest BCUT2D eigenvalue weighted by atomic mass is 16.5. The molecule has 1 unspecified atom stereocenters. The zero-order chi connectivity index (χ0) is 11.0. The first-order chi connectivity index (χ1) is 6.63. The molecule has 1 N–H and O–H groups in total. The summed E-state index contributed by atoms with van der Waals surface area (Å²) in [6, 6.07) is -0.326. The van der Waals surface area contributed by atoms with Gasteiger partial charge in [-0.25, -0.2) is 4.79 Å². The first kappa shape index (κ1) is 12.5. The highest BCUT2D eigenvalue weighted by Gasteiger charge is 2.15. The summed E-state index contributed by atoms with van der Waals surface area (Å²) in [5.74, 6) is -0.381. The molecule has 0 fully saturated rings. The molecule has 0 radical (unpaired) electrons. The molecule has 0 saturated carbocycles. The molecule has 5 nitrogen and oxygen atoms in total. The van der Waals surface area contributed by atoms with E-state index >= 15 is 0 Å². The number of ether oxygens (including phenoxy) is 2. The molecule has 0 aromatic carbocycles. The van der Waals surface area contributed by atoms with E-state index in [0.29, 0.717) is 6.42 Å².